The minimum absolute atomic E-state index is 0.0646. The van der Waals surface area contributed by atoms with Crippen LogP contribution in [0.1, 0.15) is 17.0 Å². The van der Waals surface area contributed by atoms with Crippen molar-refractivity contribution in [3.8, 4) is 0 Å². The molecule has 1 nitrogen and oxygen atoms in total. The molecule has 2 aromatic rings. The van der Waals surface area contributed by atoms with Gasteiger partial charge in [-0.3, -0.25) is 0 Å². The lowest BCUT2D eigenvalue weighted by Gasteiger charge is -2.17. The number of rotatable bonds is 4. The van der Waals surface area contributed by atoms with Crippen LogP contribution in [0.4, 0.5) is 8.78 Å². The van der Waals surface area contributed by atoms with Crippen LogP contribution in [0.5, 0.6) is 0 Å². The molecule has 0 bridgehead atoms. The molecule has 0 radical (unpaired) electrons. The molecule has 0 aromatic heterocycles. The summed E-state index contributed by atoms with van der Waals surface area (Å²) in [6.45, 7) is 0.321. The predicted octanol–water partition coefficient (Wildman–Crippen LogP) is 4.77. The lowest BCUT2D eigenvalue weighted by molar-refractivity contribution is 0.534. The van der Waals surface area contributed by atoms with Gasteiger partial charge in [0.05, 0.1) is 4.47 Å². The molecule has 0 saturated heterocycles. The van der Waals surface area contributed by atoms with Crippen molar-refractivity contribution in [3.05, 3.63) is 68.1 Å². The predicted molar refractivity (Wildman–Crippen MR) is 83.7 cm³/mol. The molecule has 2 aromatic carbocycles. The van der Waals surface area contributed by atoms with Crippen LogP contribution in [-0.4, -0.2) is 6.54 Å². The summed E-state index contributed by atoms with van der Waals surface area (Å²) >= 11 is 6.47. The number of benzene rings is 2. The smallest absolute Gasteiger partial charge is 0.143 e. The second kappa shape index (κ2) is 6.78. The van der Waals surface area contributed by atoms with Crippen LogP contribution in [0.15, 0.2) is 45.3 Å². The van der Waals surface area contributed by atoms with E-state index in [1.807, 2.05) is 24.3 Å². The second-order valence-corrected chi connectivity index (χ2v) is 6.28. The van der Waals surface area contributed by atoms with Gasteiger partial charge in [-0.2, -0.15) is 0 Å². The zero-order valence-corrected chi connectivity index (χ0v) is 13.7. The van der Waals surface area contributed by atoms with E-state index in [-0.39, 0.29) is 22.4 Å². The van der Waals surface area contributed by atoms with Gasteiger partial charge in [0.15, 0.2) is 0 Å². The summed E-state index contributed by atoms with van der Waals surface area (Å²) in [5, 5.41) is 0. The van der Waals surface area contributed by atoms with Crippen LogP contribution in [0, 0.1) is 11.6 Å². The number of nitrogens with two attached hydrogens (primary N) is 1. The molecule has 1 atom stereocenters. The van der Waals surface area contributed by atoms with E-state index in [1.54, 1.807) is 0 Å². The maximum atomic E-state index is 14.0. The highest BCUT2D eigenvalue weighted by Gasteiger charge is 2.18. The van der Waals surface area contributed by atoms with Crippen LogP contribution in [0.25, 0.3) is 0 Å². The molecule has 1 unspecified atom stereocenters. The van der Waals surface area contributed by atoms with E-state index in [2.05, 4.69) is 31.9 Å². The summed E-state index contributed by atoms with van der Waals surface area (Å²) < 4.78 is 29.0. The Balaban J connectivity index is 2.34. The Bertz CT molecular complexity index is 617. The van der Waals surface area contributed by atoms with Crippen molar-refractivity contribution >= 4 is 31.9 Å². The Morgan fingerprint density at radius 2 is 1.85 bits per heavy atom. The number of hydrogen-bond acceptors (Lipinski definition) is 1. The van der Waals surface area contributed by atoms with Crippen molar-refractivity contribution in [2.24, 2.45) is 5.73 Å². The van der Waals surface area contributed by atoms with Crippen molar-refractivity contribution < 1.29 is 8.78 Å². The first-order chi connectivity index (χ1) is 9.52. The van der Waals surface area contributed by atoms with Gasteiger partial charge in [0.2, 0.25) is 0 Å². The summed E-state index contributed by atoms with van der Waals surface area (Å²) in [6.07, 6.45) is 0.226. The minimum atomic E-state index is -0.557. The van der Waals surface area contributed by atoms with Crippen LogP contribution < -0.4 is 5.73 Å². The quantitative estimate of drug-likeness (QED) is 0.729. The molecule has 0 saturated carbocycles. The molecule has 106 valence electrons. The zero-order valence-electron chi connectivity index (χ0n) is 10.5. The summed E-state index contributed by atoms with van der Waals surface area (Å²) in [7, 11) is 0. The molecular weight excluding hydrogens is 392 g/mol. The fourth-order valence-corrected chi connectivity index (χ4v) is 2.89. The third-order valence-corrected chi connectivity index (χ3v) is 4.30. The maximum Gasteiger partial charge on any atom is 0.143 e. The van der Waals surface area contributed by atoms with E-state index in [1.165, 1.54) is 12.1 Å². The van der Waals surface area contributed by atoms with E-state index in [0.29, 0.717) is 6.54 Å². The monoisotopic (exact) mass is 403 g/mol. The van der Waals surface area contributed by atoms with Crippen molar-refractivity contribution in [1.82, 2.24) is 0 Å². The Kier molecular flexibility index (Phi) is 5.29. The van der Waals surface area contributed by atoms with Gasteiger partial charge in [0, 0.05) is 16.0 Å². The summed E-state index contributed by atoms with van der Waals surface area (Å²) in [4.78, 5) is 0. The Morgan fingerprint density at radius 3 is 2.50 bits per heavy atom. The Hall–Kier alpha value is -0.780. The molecule has 2 N–H and O–H groups in total. The molecule has 0 aliphatic heterocycles. The van der Waals surface area contributed by atoms with Crippen LogP contribution in [0.2, 0.25) is 0 Å². The first-order valence-corrected chi connectivity index (χ1v) is 7.69. The molecule has 0 aliphatic carbocycles. The average Bonchev–Trinajstić information content (AvgIpc) is 2.43. The number of hydrogen-bond donors (Lipinski definition) is 1. The van der Waals surface area contributed by atoms with Crippen molar-refractivity contribution in [1.29, 1.82) is 0 Å². The minimum Gasteiger partial charge on any atom is -0.330 e. The largest absolute Gasteiger partial charge is 0.330 e. The molecular formula is C15H13Br2F2N. The number of halogens is 4. The van der Waals surface area contributed by atoms with Gasteiger partial charge in [-0.1, -0.05) is 28.1 Å². The third kappa shape index (κ3) is 3.45. The van der Waals surface area contributed by atoms with E-state index in [4.69, 9.17) is 5.73 Å². The topological polar surface area (TPSA) is 26.0 Å². The zero-order chi connectivity index (χ0) is 14.7. The molecule has 0 amide bonds. The van der Waals surface area contributed by atoms with Crippen LogP contribution in [0.3, 0.4) is 0 Å². The molecule has 20 heavy (non-hydrogen) atoms. The first kappa shape index (κ1) is 15.6. The lowest BCUT2D eigenvalue weighted by atomic mass is 9.91. The fourth-order valence-electron chi connectivity index (χ4n) is 2.10. The Labute approximate surface area is 133 Å². The van der Waals surface area contributed by atoms with Gasteiger partial charge in [-0.25, -0.2) is 8.78 Å². The molecule has 0 fully saturated rings. The maximum absolute atomic E-state index is 14.0. The van der Waals surface area contributed by atoms with Crippen LogP contribution in [-0.2, 0) is 6.42 Å². The van der Waals surface area contributed by atoms with Crippen molar-refractivity contribution in [2.75, 3.05) is 6.54 Å². The van der Waals surface area contributed by atoms with Crippen molar-refractivity contribution in [2.45, 2.75) is 12.3 Å². The van der Waals surface area contributed by atoms with E-state index < -0.39 is 11.6 Å². The molecule has 2 rings (SSSR count). The summed E-state index contributed by atoms with van der Waals surface area (Å²) in [5.74, 6) is -1.23. The van der Waals surface area contributed by atoms with E-state index in [9.17, 15) is 8.78 Å². The average molecular weight is 405 g/mol. The van der Waals surface area contributed by atoms with Gasteiger partial charge >= 0.3 is 0 Å². The van der Waals surface area contributed by atoms with E-state index >= 15 is 0 Å². The highest BCUT2D eigenvalue weighted by atomic mass is 79.9. The summed E-state index contributed by atoms with van der Waals surface area (Å²) in [6, 6.07) is 10.2. The normalized spacial score (nSPS) is 12.4. The highest BCUT2D eigenvalue weighted by molar-refractivity contribution is 9.10. The summed E-state index contributed by atoms with van der Waals surface area (Å²) in [5.41, 5.74) is 6.79. The SMILES string of the molecule is NCC(Cc1c(F)ccc(Br)c1F)c1cccc(Br)c1. The molecule has 0 spiro atoms. The van der Waals surface area contributed by atoms with Gasteiger partial charge < -0.3 is 5.73 Å². The van der Waals surface area contributed by atoms with Gasteiger partial charge in [-0.15, -0.1) is 0 Å². The van der Waals surface area contributed by atoms with Gasteiger partial charge in [-0.05, 0) is 58.7 Å². The van der Waals surface area contributed by atoms with E-state index in [0.717, 1.165) is 10.0 Å². The molecule has 5 heteroatoms. The second-order valence-electron chi connectivity index (χ2n) is 4.51. The van der Waals surface area contributed by atoms with Gasteiger partial charge in [0.25, 0.3) is 0 Å². The molecule has 0 aliphatic rings. The molecule has 0 heterocycles. The standard InChI is InChI=1S/C15H13Br2F2N/c16-11-3-1-2-9(6-11)10(8-20)7-12-14(18)5-4-13(17)15(12)19/h1-6,10H,7-8,20H2. The Morgan fingerprint density at radius 1 is 1.10 bits per heavy atom. The van der Waals surface area contributed by atoms with Crippen molar-refractivity contribution in [3.63, 3.8) is 0 Å². The first-order valence-electron chi connectivity index (χ1n) is 6.10. The third-order valence-electron chi connectivity index (χ3n) is 3.19. The highest BCUT2D eigenvalue weighted by Crippen LogP contribution is 2.28. The fraction of sp³-hybridized carbons (Fsp3) is 0.200. The van der Waals surface area contributed by atoms with Gasteiger partial charge in [0.1, 0.15) is 11.6 Å². The van der Waals surface area contributed by atoms with Crippen LogP contribution >= 0.6 is 31.9 Å². The lowest BCUT2D eigenvalue weighted by Crippen LogP contribution is -2.16.